The number of hydrogen-bond acceptors (Lipinski definition) is 4. The Bertz CT molecular complexity index is 1280. The minimum Gasteiger partial charge on any atom is -0.345 e. The summed E-state index contributed by atoms with van der Waals surface area (Å²) in [6.07, 6.45) is 6.65. The highest BCUT2D eigenvalue weighted by Crippen LogP contribution is 2.26. The summed E-state index contributed by atoms with van der Waals surface area (Å²) in [6.45, 7) is 2.67. The van der Waals surface area contributed by atoms with Crippen molar-refractivity contribution >= 4 is 33.8 Å². The molecule has 1 aromatic carbocycles. The number of rotatable bonds is 5. The van der Waals surface area contributed by atoms with Crippen LogP contribution in [0.5, 0.6) is 0 Å². The number of hydrogen-bond donors (Lipinski definition) is 2. The number of unbranched alkanes of at least 4 members (excludes halogenated alkanes) is 1. The largest absolute Gasteiger partial charge is 0.345 e. The molecule has 0 fully saturated rings. The van der Waals surface area contributed by atoms with E-state index in [4.69, 9.17) is 5.26 Å². The third kappa shape index (κ3) is 3.25. The molecule has 0 atom stereocenters. The lowest BCUT2D eigenvalue weighted by Crippen LogP contribution is -2.28. The first-order valence-corrected chi connectivity index (χ1v) is 9.44. The predicted molar refractivity (Wildman–Crippen MR) is 110 cm³/mol. The fourth-order valence-corrected chi connectivity index (χ4v) is 3.40. The maximum absolute atomic E-state index is 13.3. The molecule has 4 aromatic rings. The molecule has 0 bridgehead atoms. The average Bonchev–Trinajstić information content (AvgIpc) is 3.37. The van der Waals surface area contributed by atoms with Crippen LogP contribution in [0.25, 0.3) is 21.9 Å². The number of amides is 1. The minimum atomic E-state index is -0.215. The van der Waals surface area contributed by atoms with Crippen LogP contribution in [0.4, 0.5) is 4.79 Å². The molecule has 3 aromatic heterocycles. The zero-order valence-corrected chi connectivity index (χ0v) is 15.9. The standard InChI is InChI=1S/C22H19N5O2/c1-2-3-8-24-22(29)27-9-7-15-16(5-4-6-19(15)27)20(28)18-13-26-21-17(18)10-14(11-23)12-25-21/h4-7,9-10,12-13H,2-3,8H2,1H3,(H,24,29)(H,25,26). The molecule has 7 nitrogen and oxygen atoms in total. The number of fused-ring (bicyclic) bond motifs is 2. The number of benzene rings is 1. The summed E-state index contributed by atoms with van der Waals surface area (Å²) in [5.74, 6) is -0.192. The lowest BCUT2D eigenvalue weighted by atomic mass is 10.00. The average molecular weight is 385 g/mol. The highest BCUT2D eigenvalue weighted by Gasteiger charge is 2.19. The van der Waals surface area contributed by atoms with Crippen LogP contribution in [-0.4, -0.2) is 32.9 Å². The first kappa shape index (κ1) is 18.4. The Labute approximate surface area is 167 Å². The van der Waals surface area contributed by atoms with Gasteiger partial charge in [0.2, 0.25) is 0 Å². The van der Waals surface area contributed by atoms with Crippen LogP contribution in [0.3, 0.4) is 0 Å². The highest BCUT2D eigenvalue weighted by atomic mass is 16.2. The normalized spacial score (nSPS) is 10.9. The summed E-state index contributed by atoms with van der Waals surface area (Å²) >= 11 is 0. The van der Waals surface area contributed by atoms with Gasteiger partial charge in [0.05, 0.1) is 11.1 Å². The Morgan fingerprint density at radius 1 is 1.24 bits per heavy atom. The van der Waals surface area contributed by atoms with Crippen molar-refractivity contribution in [1.82, 2.24) is 19.9 Å². The van der Waals surface area contributed by atoms with Gasteiger partial charge in [-0.1, -0.05) is 25.5 Å². The number of nitrogens with one attached hydrogen (secondary N) is 2. The molecule has 7 heteroatoms. The van der Waals surface area contributed by atoms with Crippen LogP contribution in [0.1, 0.15) is 41.3 Å². The van der Waals surface area contributed by atoms with Crippen LogP contribution in [-0.2, 0) is 0 Å². The second-order valence-electron chi connectivity index (χ2n) is 6.77. The minimum absolute atomic E-state index is 0.192. The first-order valence-electron chi connectivity index (χ1n) is 9.44. The third-order valence-electron chi connectivity index (χ3n) is 4.91. The molecule has 29 heavy (non-hydrogen) atoms. The van der Waals surface area contributed by atoms with E-state index in [2.05, 4.69) is 22.2 Å². The number of nitriles is 1. The van der Waals surface area contributed by atoms with Gasteiger partial charge < -0.3 is 10.3 Å². The predicted octanol–water partition coefficient (Wildman–Crippen LogP) is 3.98. The summed E-state index contributed by atoms with van der Waals surface area (Å²) in [5.41, 5.74) is 2.54. The van der Waals surface area contributed by atoms with E-state index in [-0.39, 0.29) is 11.8 Å². The van der Waals surface area contributed by atoms with E-state index in [1.54, 1.807) is 36.7 Å². The lowest BCUT2D eigenvalue weighted by molar-refractivity contribution is 0.104. The smallest absolute Gasteiger partial charge is 0.326 e. The summed E-state index contributed by atoms with van der Waals surface area (Å²) in [7, 11) is 0. The van der Waals surface area contributed by atoms with E-state index in [1.165, 1.54) is 10.8 Å². The van der Waals surface area contributed by atoms with Crippen molar-refractivity contribution in [3.05, 3.63) is 65.6 Å². The number of carbonyl (C=O) groups excluding carboxylic acids is 2. The lowest BCUT2D eigenvalue weighted by Gasteiger charge is -2.07. The van der Waals surface area contributed by atoms with Crippen molar-refractivity contribution < 1.29 is 9.59 Å². The van der Waals surface area contributed by atoms with E-state index < -0.39 is 0 Å². The zero-order valence-electron chi connectivity index (χ0n) is 15.9. The number of pyridine rings is 1. The van der Waals surface area contributed by atoms with Gasteiger partial charge in [-0.2, -0.15) is 5.26 Å². The Hall–Kier alpha value is -3.92. The monoisotopic (exact) mass is 385 g/mol. The van der Waals surface area contributed by atoms with Gasteiger partial charge in [0, 0.05) is 47.0 Å². The van der Waals surface area contributed by atoms with Crippen molar-refractivity contribution in [2.75, 3.05) is 6.54 Å². The van der Waals surface area contributed by atoms with Gasteiger partial charge in [0.1, 0.15) is 11.7 Å². The summed E-state index contributed by atoms with van der Waals surface area (Å²) in [5, 5.41) is 13.3. The van der Waals surface area contributed by atoms with Crippen LogP contribution < -0.4 is 5.32 Å². The number of aromatic nitrogens is 3. The Morgan fingerprint density at radius 2 is 2.10 bits per heavy atom. The third-order valence-corrected chi connectivity index (χ3v) is 4.91. The zero-order chi connectivity index (χ0) is 20.4. The van der Waals surface area contributed by atoms with Gasteiger partial charge in [0.25, 0.3) is 0 Å². The van der Waals surface area contributed by atoms with Crippen molar-refractivity contribution in [3.8, 4) is 6.07 Å². The van der Waals surface area contributed by atoms with Gasteiger partial charge in [-0.15, -0.1) is 0 Å². The molecule has 1 amide bonds. The SMILES string of the molecule is CCCCNC(=O)n1ccc2c(C(=O)c3c[nH]c4ncc(C#N)cc34)cccc21. The maximum atomic E-state index is 13.3. The molecule has 0 aliphatic rings. The fraction of sp³-hybridized carbons (Fsp3) is 0.182. The molecule has 0 saturated carbocycles. The molecule has 0 aliphatic heterocycles. The van der Waals surface area contributed by atoms with E-state index in [0.717, 1.165) is 12.8 Å². The van der Waals surface area contributed by atoms with Crippen molar-refractivity contribution in [3.63, 3.8) is 0 Å². The van der Waals surface area contributed by atoms with Crippen molar-refractivity contribution in [2.45, 2.75) is 19.8 Å². The molecular weight excluding hydrogens is 366 g/mol. The maximum Gasteiger partial charge on any atom is 0.326 e. The molecule has 0 aliphatic carbocycles. The van der Waals surface area contributed by atoms with Gasteiger partial charge in [-0.3, -0.25) is 9.36 Å². The molecule has 0 unspecified atom stereocenters. The van der Waals surface area contributed by atoms with Gasteiger partial charge in [-0.25, -0.2) is 9.78 Å². The topological polar surface area (TPSA) is 104 Å². The van der Waals surface area contributed by atoms with E-state index in [1.807, 2.05) is 12.1 Å². The number of ketones is 1. The Kier molecular flexibility index (Phi) is 4.83. The van der Waals surface area contributed by atoms with E-state index >= 15 is 0 Å². The number of carbonyl (C=O) groups is 2. The number of aromatic amines is 1. The molecule has 0 radical (unpaired) electrons. The van der Waals surface area contributed by atoms with Crippen LogP contribution in [0.2, 0.25) is 0 Å². The molecule has 3 heterocycles. The first-order chi connectivity index (χ1) is 14.1. The number of nitrogens with zero attached hydrogens (tertiary/aromatic N) is 3. The Morgan fingerprint density at radius 3 is 2.90 bits per heavy atom. The highest BCUT2D eigenvalue weighted by molar-refractivity contribution is 6.21. The molecule has 0 saturated heterocycles. The van der Waals surface area contributed by atoms with Crippen molar-refractivity contribution in [2.24, 2.45) is 0 Å². The van der Waals surface area contributed by atoms with Crippen molar-refractivity contribution in [1.29, 1.82) is 5.26 Å². The van der Waals surface area contributed by atoms with Crippen LogP contribution in [0.15, 0.2) is 48.9 Å². The van der Waals surface area contributed by atoms with E-state index in [9.17, 15) is 9.59 Å². The second kappa shape index (κ2) is 7.60. The Balaban J connectivity index is 1.74. The van der Waals surface area contributed by atoms with Gasteiger partial charge in [-0.05, 0) is 24.6 Å². The van der Waals surface area contributed by atoms with Crippen LogP contribution in [0, 0.1) is 11.3 Å². The molecule has 0 spiro atoms. The summed E-state index contributed by atoms with van der Waals surface area (Å²) < 4.78 is 1.52. The van der Waals surface area contributed by atoms with Gasteiger partial charge >= 0.3 is 6.03 Å². The molecule has 4 rings (SSSR count). The molecule has 144 valence electrons. The molecular formula is C22H19N5O2. The second-order valence-corrected chi connectivity index (χ2v) is 6.77. The van der Waals surface area contributed by atoms with Crippen LogP contribution >= 0.6 is 0 Å². The summed E-state index contributed by atoms with van der Waals surface area (Å²) in [4.78, 5) is 32.9. The summed E-state index contributed by atoms with van der Waals surface area (Å²) in [6, 6.07) is 10.6. The molecule has 2 N–H and O–H groups in total. The van der Waals surface area contributed by atoms with Gasteiger partial charge in [0.15, 0.2) is 5.78 Å². The fourth-order valence-electron chi connectivity index (χ4n) is 3.40. The number of H-pyrrole nitrogens is 1. The van der Waals surface area contributed by atoms with E-state index in [0.29, 0.717) is 45.2 Å². The quantitative estimate of drug-likeness (QED) is 0.400.